The molecule has 0 heterocycles. The second-order valence-electron chi connectivity index (χ2n) is 5.38. The van der Waals surface area contributed by atoms with E-state index in [2.05, 4.69) is 15.6 Å². The molecule has 27 heavy (non-hydrogen) atoms. The highest BCUT2D eigenvalue weighted by atomic mass is 35.5. The van der Waals surface area contributed by atoms with Gasteiger partial charge in [-0.1, -0.05) is 35.3 Å². The van der Waals surface area contributed by atoms with Gasteiger partial charge >= 0.3 is 0 Å². The van der Waals surface area contributed by atoms with Crippen molar-refractivity contribution in [3.8, 4) is 5.75 Å². The minimum Gasteiger partial charge on any atom is -0.507 e. The number of carbonyl (C=O) groups is 2. The summed E-state index contributed by atoms with van der Waals surface area (Å²) in [5.74, 6) is -1.85. The summed E-state index contributed by atoms with van der Waals surface area (Å²) in [4.78, 5) is 23.8. The minimum atomic E-state index is -4.05. The lowest BCUT2D eigenvalue weighted by atomic mass is 10.2. The number of hydrogen-bond acceptors (Lipinski definition) is 5. The van der Waals surface area contributed by atoms with Gasteiger partial charge in [0, 0.05) is 0 Å². The normalized spacial score (nSPS) is 12.3. The molecule has 2 aromatic rings. The number of nitrogens with one attached hydrogen (secondary N) is 3. The molecule has 0 spiro atoms. The van der Waals surface area contributed by atoms with Gasteiger partial charge in [0.1, 0.15) is 5.75 Å². The van der Waals surface area contributed by atoms with Crippen LogP contribution < -0.4 is 15.6 Å². The lowest BCUT2D eigenvalue weighted by molar-refractivity contribution is -0.123. The topological polar surface area (TPSA) is 125 Å². The molecule has 0 bridgehead atoms. The summed E-state index contributed by atoms with van der Waals surface area (Å²) in [6, 6.07) is 8.22. The number of para-hydroxylation sites is 1. The first-order chi connectivity index (χ1) is 12.6. The number of sulfonamides is 1. The van der Waals surface area contributed by atoms with Gasteiger partial charge in [-0.05, 0) is 37.3 Å². The van der Waals surface area contributed by atoms with Gasteiger partial charge in [-0.3, -0.25) is 20.4 Å². The molecule has 11 heteroatoms. The van der Waals surface area contributed by atoms with Crippen molar-refractivity contribution >= 4 is 45.0 Å². The number of phenols is 1. The first kappa shape index (κ1) is 21.0. The van der Waals surface area contributed by atoms with Gasteiger partial charge in [0.15, 0.2) is 0 Å². The lowest BCUT2D eigenvalue weighted by Gasteiger charge is -2.15. The van der Waals surface area contributed by atoms with Crippen LogP contribution in [0.5, 0.6) is 5.75 Å². The van der Waals surface area contributed by atoms with Crippen molar-refractivity contribution in [3.63, 3.8) is 0 Å². The molecule has 2 aromatic carbocycles. The van der Waals surface area contributed by atoms with Gasteiger partial charge in [-0.2, -0.15) is 4.72 Å². The predicted octanol–water partition coefficient (Wildman–Crippen LogP) is 1.83. The Labute approximate surface area is 165 Å². The van der Waals surface area contributed by atoms with Crippen LogP contribution in [0.1, 0.15) is 17.3 Å². The second-order valence-corrected chi connectivity index (χ2v) is 7.91. The number of aromatic hydroxyl groups is 1. The molecule has 0 aliphatic rings. The van der Waals surface area contributed by atoms with Crippen molar-refractivity contribution in [1.29, 1.82) is 0 Å². The number of benzene rings is 2. The van der Waals surface area contributed by atoms with Gasteiger partial charge in [-0.15, -0.1) is 0 Å². The molecule has 0 aliphatic heterocycles. The molecule has 0 aromatic heterocycles. The Hall–Kier alpha value is -2.33. The molecule has 0 saturated carbocycles. The standard InChI is InChI=1S/C16H15Cl2N3O5S/c1-9(21-27(25,26)10-6-7-12(17)13(18)8-10)15(23)19-20-16(24)11-4-2-3-5-14(11)22/h2-9,21-22H,1H3,(H,19,23)(H,20,24). The van der Waals surface area contributed by atoms with E-state index in [1.807, 2.05) is 0 Å². The molecule has 1 unspecified atom stereocenters. The first-order valence-corrected chi connectivity index (χ1v) is 9.71. The SMILES string of the molecule is CC(NS(=O)(=O)c1ccc(Cl)c(Cl)c1)C(=O)NNC(=O)c1ccccc1O. The van der Waals surface area contributed by atoms with Crippen LogP contribution >= 0.6 is 23.2 Å². The molecule has 0 saturated heterocycles. The smallest absolute Gasteiger partial charge is 0.273 e. The Bertz CT molecular complexity index is 982. The highest BCUT2D eigenvalue weighted by Gasteiger charge is 2.23. The van der Waals surface area contributed by atoms with E-state index in [4.69, 9.17) is 23.2 Å². The second kappa shape index (κ2) is 8.57. The molecule has 0 aliphatic carbocycles. The van der Waals surface area contributed by atoms with Crippen LogP contribution in [0.25, 0.3) is 0 Å². The molecular formula is C16H15Cl2N3O5S. The maximum atomic E-state index is 12.3. The number of amides is 2. The fourth-order valence-electron chi connectivity index (χ4n) is 1.96. The summed E-state index contributed by atoms with van der Waals surface area (Å²) in [6.45, 7) is 1.29. The third kappa shape index (κ3) is 5.33. The molecule has 1 atom stereocenters. The maximum absolute atomic E-state index is 12.3. The van der Waals surface area contributed by atoms with E-state index >= 15 is 0 Å². The zero-order valence-electron chi connectivity index (χ0n) is 13.9. The Morgan fingerprint density at radius 2 is 1.70 bits per heavy atom. The quantitative estimate of drug-likeness (QED) is 0.537. The van der Waals surface area contributed by atoms with Gasteiger partial charge in [0.2, 0.25) is 10.0 Å². The summed E-state index contributed by atoms with van der Waals surface area (Å²) < 4.78 is 26.8. The molecule has 0 fully saturated rings. The average Bonchev–Trinajstić information content (AvgIpc) is 2.61. The van der Waals surface area contributed by atoms with Crippen molar-refractivity contribution in [2.24, 2.45) is 0 Å². The van der Waals surface area contributed by atoms with Crippen LogP contribution in [0.2, 0.25) is 10.0 Å². The zero-order valence-corrected chi connectivity index (χ0v) is 16.2. The number of carbonyl (C=O) groups excluding carboxylic acids is 2. The van der Waals surface area contributed by atoms with Crippen LogP contribution in [0.4, 0.5) is 0 Å². The summed E-state index contributed by atoms with van der Waals surface area (Å²) in [5.41, 5.74) is 4.12. The average molecular weight is 432 g/mol. The van der Waals surface area contributed by atoms with E-state index in [1.165, 1.54) is 43.3 Å². The monoisotopic (exact) mass is 431 g/mol. The van der Waals surface area contributed by atoms with Gasteiger partial charge in [0.05, 0.1) is 26.5 Å². The van der Waals surface area contributed by atoms with Gasteiger partial charge in [-0.25, -0.2) is 8.42 Å². The van der Waals surface area contributed by atoms with Crippen molar-refractivity contribution in [2.45, 2.75) is 17.9 Å². The Kier molecular flexibility index (Phi) is 6.66. The van der Waals surface area contributed by atoms with E-state index in [0.29, 0.717) is 0 Å². The van der Waals surface area contributed by atoms with Gasteiger partial charge < -0.3 is 5.11 Å². The van der Waals surface area contributed by atoms with Crippen LogP contribution in [0.15, 0.2) is 47.4 Å². The minimum absolute atomic E-state index is 0.0478. The predicted molar refractivity (Wildman–Crippen MR) is 100.0 cm³/mol. The fraction of sp³-hybridized carbons (Fsp3) is 0.125. The van der Waals surface area contributed by atoms with Crippen LogP contribution in [-0.4, -0.2) is 31.4 Å². The van der Waals surface area contributed by atoms with Crippen LogP contribution in [0, 0.1) is 0 Å². The van der Waals surface area contributed by atoms with Crippen molar-refractivity contribution in [2.75, 3.05) is 0 Å². The highest BCUT2D eigenvalue weighted by Crippen LogP contribution is 2.24. The Balaban J connectivity index is 1.99. The molecule has 4 N–H and O–H groups in total. The third-order valence-corrected chi connectivity index (χ3v) is 5.65. The van der Waals surface area contributed by atoms with E-state index in [0.717, 1.165) is 6.07 Å². The molecule has 2 amide bonds. The molecule has 8 nitrogen and oxygen atoms in total. The lowest BCUT2D eigenvalue weighted by Crippen LogP contribution is -2.51. The summed E-state index contributed by atoms with van der Waals surface area (Å²) in [5, 5.41) is 9.83. The van der Waals surface area contributed by atoms with Crippen molar-refractivity contribution in [1.82, 2.24) is 15.6 Å². The third-order valence-electron chi connectivity index (χ3n) is 3.37. The van der Waals surface area contributed by atoms with Crippen molar-refractivity contribution in [3.05, 3.63) is 58.1 Å². The number of halogens is 2. The molecule has 144 valence electrons. The Morgan fingerprint density at radius 3 is 2.33 bits per heavy atom. The van der Waals surface area contributed by atoms with E-state index in [-0.39, 0.29) is 26.3 Å². The van der Waals surface area contributed by atoms with E-state index in [9.17, 15) is 23.1 Å². The first-order valence-electron chi connectivity index (χ1n) is 7.47. The fourth-order valence-corrected chi connectivity index (χ4v) is 3.55. The molecule has 2 rings (SSSR count). The summed E-state index contributed by atoms with van der Waals surface area (Å²) in [7, 11) is -4.05. The van der Waals surface area contributed by atoms with Gasteiger partial charge in [0.25, 0.3) is 11.8 Å². The Morgan fingerprint density at radius 1 is 1.04 bits per heavy atom. The van der Waals surface area contributed by atoms with E-state index in [1.54, 1.807) is 0 Å². The summed E-state index contributed by atoms with van der Waals surface area (Å²) >= 11 is 11.6. The molecular weight excluding hydrogens is 417 g/mol. The zero-order chi connectivity index (χ0) is 20.2. The number of hydrazine groups is 1. The maximum Gasteiger partial charge on any atom is 0.273 e. The van der Waals surface area contributed by atoms with Crippen molar-refractivity contribution < 1.29 is 23.1 Å². The number of phenolic OH excluding ortho intramolecular Hbond substituents is 1. The molecule has 0 radical (unpaired) electrons. The highest BCUT2D eigenvalue weighted by molar-refractivity contribution is 7.89. The van der Waals surface area contributed by atoms with Crippen LogP contribution in [0.3, 0.4) is 0 Å². The van der Waals surface area contributed by atoms with Crippen LogP contribution in [-0.2, 0) is 14.8 Å². The van der Waals surface area contributed by atoms with E-state index < -0.39 is 27.9 Å². The number of rotatable bonds is 5. The number of hydrogen-bond donors (Lipinski definition) is 4. The summed E-state index contributed by atoms with van der Waals surface area (Å²) in [6.07, 6.45) is 0. The largest absolute Gasteiger partial charge is 0.507 e.